The molecule has 3 nitrogen and oxygen atoms in total. The number of aromatic nitrogens is 2. The normalized spacial score (nSPS) is 11.1. The summed E-state index contributed by atoms with van der Waals surface area (Å²) in [5.41, 5.74) is 11.3. The molecule has 0 bridgehead atoms. The topological polar surface area (TPSA) is 43.8 Å². The van der Waals surface area contributed by atoms with E-state index in [4.69, 9.17) is 10.7 Å². The first kappa shape index (κ1) is 11.9. The summed E-state index contributed by atoms with van der Waals surface area (Å²) < 4.78 is 2.13. The molecule has 3 rings (SSSR count). The number of aryl methyl sites for hydroxylation is 2. The number of fused-ring (bicyclic) bond motifs is 1. The Bertz CT molecular complexity index is 741. The Morgan fingerprint density at radius 3 is 2.74 bits per heavy atom. The molecule has 1 aromatic heterocycles. The Labute approximate surface area is 112 Å². The van der Waals surface area contributed by atoms with Gasteiger partial charge in [-0.2, -0.15) is 0 Å². The highest BCUT2D eigenvalue weighted by molar-refractivity contribution is 5.81. The van der Waals surface area contributed by atoms with Gasteiger partial charge in [-0.3, -0.25) is 0 Å². The Morgan fingerprint density at radius 2 is 2.00 bits per heavy atom. The lowest BCUT2D eigenvalue weighted by Crippen LogP contribution is -1.95. The van der Waals surface area contributed by atoms with E-state index in [-0.39, 0.29) is 0 Å². The van der Waals surface area contributed by atoms with Crippen LogP contribution in [0.1, 0.15) is 11.1 Å². The van der Waals surface area contributed by atoms with Crippen molar-refractivity contribution in [3.05, 3.63) is 53.6 Å². The average Bonchev–Trinajstić information content (AvgIpc) is 2.75. The summed E-state index contributed by atoms with van der Waals surface area (Å²) in [6.07, 6.45) is 0. The molecule has 0 radical (unpaired) electrons. The van der Waals surface area contributed by atoms with Crippen molar-refractivity contribution in [1.82, 2.24) is 9.55 Å². The summed E-state index contributed by atoms with van der Waals surface area (Å²) in [4.78, 5) is 4.74. The van der Waals surface area contributed by atoms with Gasteiger partial charge in [0.25, 0.3) is 0 Å². The lowest BCUT2D eigenvalue weighted by atomic mass is 10.1. The number of hydrogen-bond acceptors (Lipinski definition) is 2. The van der Waals surface area contributed by atoms with Crippen molar-refractivity contribution in [1.29, 1.82) is 0 Å². The third-order valence-electron chi connectivity index (χ3n) is 3.46. The van der Waals surface area contributed by atoms with Crippen LogP contribution in [-0.2, 0) is 13.6 Å². The fourth-order valence-corrected chi connectivity index (χ4v) is 2.41. The highest BCUT2D eigenvalue weighted by Gasteiger charge is 2.10. The van der Waals surface area contributed by atoms with Gasteiger partial charge >= 0.3 is 0 Å². The van der Waals surface area contributed by atoms with Crippen LogP contribution in [0.4, 0.5) is 0 Å². The van der Waals surface area contributed by atoms with E-state index in [1.807, 2.05) is 0 Å². The first-order chi connectivity index (χ1) is 9.19. The molecule has 3 aromatic rings. The zero-order valence-corrected chi connectivity index (χ0v) is 11.2. The quantitative estimate of drug-likeness (QED) is 0.761. The van der Waals surface area contributed by atoms with E-state index in [1.54, 1.807) is 0 Å². The Kier molecular flexibility index (Phi) is 2.84. The summed E-state index contributed by atoms with van der Waals surface area (Å²) in [5.74, 6) is 0.993. The van der Waals surface area contributed by atoms with Gasteiger partial charge < -0.3 is 10.3 Å². The van der Waals surface area contributed by atoms with Crippen LogP contribution in [0.5, 0.6) is 0 Å². The van der Waals surface area contributed by atoms with Crippen molar-refractivity contribution in [3.8, 4) is 11.4 Å². The van der Waals surface area contributed by atoms with E-state index in [0.29, 0.717) is 6.54 Å². The van der Waals surface area contributed by atoms with Crippen molar-refractivity contribution in [2.75, 3.05) is 0 Å². The van der Waals surface area contributed by atoms with Gasteiger partial charge in [0.1, 0.15) is 5.82 Å². The summed E-state index contributed by atoms with van der Waals surface area (Å²) >= 11 is 0. The maximum absolute atomic E-state index is 5.68. The molecule has 0 saturated heterocycles. The maximum atomic E-state index is 5.68. The lowest BCUT2D eigenvalue weighted by molar-refractivity contribution is 0.958. The van der Waals surface area contributed by atoms with Crippen LogP contribution in [0.25, 0.3) is 22.4 Å². The Balaban J connectivity index is 2.22. The predicted octanol–water partition coefficient (Wildman–Crippen LogP) is 3.01. The second-order valence-corrected chi connectivity index (χ2v) is 4.89. The molecule has 0 amide bonds. The molecule has 2 aromatic carbocycles. The number of hydrogen-bond donors (Lipinski definition) is 1. The third kappa shape index (κ3) is 2.02. The predicted molar refractivity (Wildman–Crippen MR) is 78.8 cm³/mol. The van der Waals surface area contributed by atoms with E-state index >= 15 is 0 Å². The van der Waals surface area contributed by atoms with Gasteiger partial charge in [-0.1, -0.05) is 29.8 Å². The van der Waals surface area contributed by atoms with Gasteiger partial charge in [-0.05, 0) is 30.7 Å². The minimum atomic E-state index is 0.548. The molecule has 0 aliphatic heterocycles. The maximum Gasteiger partial charge on any atom is 0.140 e. The first-order valence-corrected chi connectivity index (χ1v) is 6.41. The van der Waals surface area contributed by atoms with Gasteiger partial charge in [0.2, 0.25) is 0 Å². The van der Waals surface area contributed by atoms with E-state index in [9.17, 15) is 0 Å². The summed E-state index contributed by atoms with van der Waals surface area (Å²) in [5, 5.41) is 0. The second kappa shape index (κ2) is 4.52. The van der Waals surface area contributed by atoms with Crippen LogP contribution in [0.3, 0.4) is 0 Å². The molecule has 0 unspecified atom stereocenters. The minimum Gasteiger partial charge on any atom is -0.327 e. The molecule has 0 aliphatic rings. The SMILES string of the molecule is Cc1cccc(-c2nc3cc(CN)ccc3n2C)c1. The van der Waals surface area contributed by atoms with Gasteiger partial charge in [-0.25, -0.2) is 4.98 Å². The van der Waals surface area contributed by atoms with Crippen molar-refractivity contribution in [2.24, 2.45) is 12.8 Å². The van der Waals surface area contributed by atoms with Crippen molar-refractivity contribution < 1.29 is 0 Å². The lowest BCUT2D eigenvalue weighted by Gasteiger charge is -2.03. The van der Waals surface area contributed by atoms with Crippen LogP contribution in [0, 0.1) is 6.92 Å². The van der Waals surface area contributed by atoms with Crippen molar-refractivity contribution in [3.63, 3.8) is 0 Å². The minimum absolute atomic E-state index is 0.548. The number of imidazole rings is 1. The molecule has 1 heterocycles. The molecule has 19 heavy (non-hydrogen) atoms. The fourth-order valence-electron chi connectivity index (χ4n) is 2.41. The number of rotatable bonds is 2. The largest absolute Gasteiger partial charge is 0.327 e. The zero-order valence-electron chi connectivity index (χ0n) is 11.2. The molecule has 0 spiro atoms. The molecule has 0 saturated carbocycles. The Morgan fingerprint density at radius 1 is 1.16 bits per heavy atom. The standard InChI is InChI=1S/C16H17N3/c1-11-4-3-5-13(8-11)16-18-14-9-12(10-17)6-7-15(14)19(16)2/h3-9H,10,17H2,1-2H3. The molecular formula is C16H17N3. The van der Waals surface area contributed by atoms with E-state index in [1.165, 1.54) is 5.56 Å². The van der Waals surface area contributed by atoms with Gasteiger partial charge in [0, 0.05) is 19.2 Å². The summed E-state index contributed by atoms with van der Waals surface area (Å²) in [6.45, 7) is 2.64. The highest BCUT2D eigenvalue weighted by Crippen LogP contribution is 2.24. The Hall–Kier alpha value is -2.13. The smallest absolute Gasteiger partial charge is 0.140 e. The fraction of sp³-hybridized carbons (Fsp3) is 0.188. The molecule has 96 valence electrons. The van der Waals surface area contributed by atoms with Crippen LogP contribution in [-0.4, -0.2) is 9.55 Å². The van der Waals surface area contributed by atoms with Crippen molar-refractivity contribution in [2.45, 2.75) is 13.5 Å². The van der Waals surface area contributed by atoms with Crippen molar-refractivity contribution >= 4 is 11.0 Å². The molecule has 0 atom stereocenters. The zero-order chi connectivity index (χ0) is 13.4. The summed E-state index contributed by atoms with van der Waals surface area (Å²) in [6, 6.07) is 14.6. The first-order valence-electron chi connectivity index (χ1n) is 6.41. The number of nitrogens with zero attached hydrogens (tertiary/aromatic N) is 2. The van der Waals surface area contributed by atoms with Crippen LogP contribution >= 0.6 is 0 Å². The van der Waals surface area contributed by atoms with Gasteiger partial charge in [-0.15, -0.1) is 0 Å². The monoisotopic (exact) mass is 251 g/mol. The number of benzene rings is 2. The van der Waals surface area contributed by atoms with Gasteiger partial charge in [0.15, 0.2) is 0 Å². The molecule has 0 aliphatic carbocycles. The van der Waals surface area contributed by atoms with Gasteiger partial charge in [0.05, 0.1) is 11.0 Å². The van der Waals surface area contributed by atoms with Crippen LogP contribution in [0.15, 0.2) is 42.5 Å². The second-order valence-electron chi connectivity index (χ2n) is 4.89. The van der Waals surface area contributed by atoms with E-state index < -0.39 is 0 Å². The van der Waals surface area contributed by atoms with E-state index in [2.05, 4.69) is 61.0 Å². The molecule has 3 heteroatoms. The molecule has 2 N–H and O–H groups in total. The van der Waals surface area contributed by atoms with Crippen LogP contribution in [0.2, 0.25) is 0 Å². The van der Waals surface area contributed by atoms with Crippen LogP contribution < -0.4 is 5.73 Å². The molecular weight excluding hydrogens is 234 g/mol. The third-order valence-corrected chi connectivity index (χ3v) is 3.46. The van der Waals surface area contributed by atoms with E-state index in [0.717, 1.165) is 28.0 Å². The summed E-state index contributed by atoms with van der Waals surface area (Å²) in [7, 11) is 2.05. The highest BCUT2D eigenvalue weighted by atomic mass is 15.1. The average molecular weight is 251 g/mol. The molecule has 0 fully saturated rings. The number of nitrogens with two attached hydrogens (primary N) is 1.